The van der Waals surface area contributed by atoms with Gasteiger partial charge in [-0.25, -0.2) is 4.39 Å². The number of nitrogens with zero attached hydrogens (tertiary/aromatic N) is 1. The van der Waals surface area contributed by atoms with E-state index < -0.39 is 0 Å². The Labute approximate surface area is 126 Å². The summed E-state index contributed by atoms with van der Waals surface area (Å²) in [6.07, 6.45) is 1.97. The normalized spacial score (nSPS) is 10.6. The van der Waals surface area contributed by atoms with Crippen LogP contribution >= 0.6 is 0 Å². The largest absolute Gasteiger partial charge is 0.367 e. The number of halogens is 1. The van der Waals surface area contributed by atoms with Crippen molar-refractivity contribution in [2.24, 2.45) is 5.73 Å². The summed E-state index contributed by atoms with van der Waals surface area (Å²) in [5.74, 6) is -0.204. The zero-order valence-corrected chi connectivity index (χ0v) is 12.6. The van der Waals surface area contributed by atoms with Crippen LogP contribution in [0, 0.1) is 5.82 Å². The van der Waals surface area contributed by atoms with Crippen LogP contribution in [-0.2, 0) is 13.0 Å². The van der Waals surface area contributed by atoms with Crippen LogP contribution in [0.5, 0.6) is 0 Å². The fourth-order valence-corrected chi connectivity index (χ4v) is 2.33. The molecule has 0 atom stereocenters. The molecule has 0 saturated carbocycles. The number of hydrogen-bond donors (Lipinski definition) is 1. The Morgan fingerprint density at radius 2 is 1.57 bits per heavy atom. The highest BCUT2D eigenvalue weighted by molar-refractivity contribution is 5.47. The lowest BCUT2D eigenvalue weighted by molar-refractivity contribution is 0.627. The Kier molecular flexibility index (Phi) is 5.76. The molecule has 21 heavy (non-hydrogen) atoms. The van der Waals surface area contributed by atoms with E-state index >= 15 is 0 Å². The van der Waals surface area contributed by atoms with Crippen LogP contribution in [0.25, 0.3) is 0 Å². The lowest BCUT2D eigenvalue weighted by Gasteiger charge is -2.25. The number of benzene rings is 2. The summed E-state index contributed by atoms with van der Waals surface area (Å²) in [6.45, 7) is 4.50. The molecule has 0 saturated heterocycles. The molecule has 0 unspecified atom stereocenters. The molecule has 112 valence electrons. The van der Waals surface area contributed by atoms with Gasteiger partial charge in [0.05, 0.1) is 0 Å². The van der Waals surface area contributed by atoms with Gasteiger partial charge in [0.15, 0.2) is 0 Å². The zero-order chi connectivity index (χ0) is 15.1. The van der Waals surface area contributed by atoms with Gasteiger partial charge in [0.2, 0.25) is 0 Å². The second-order valence-corrected chi connectivity index (χ2v) is 5.21. The molecular weight excluding hydrogens is 263 g/mol. The predicted molar refractivity (Wildman–Crippen MR) is 86.9 cm³/mol. The zero-order valence-electron chi connectivity index (χ0n) is 12.6. The molecule has 0 fully saturated rings. The lowest BCUT2D eigenvalue weighted by Crippen LogP contribution is -2.25. The monoisotopic (exact) mass is 286 g/mol. The Balaban J connectivity index is 2.13. The van der Waals surface area contributed by atoms with Crippen molar-refractivity contribution in [2.75, 3.05) is 18.0 Å². The second-order valence-electron chi connectivity index (χ2n) is 5.21. The minimum Gasteiger partial charge on any atom is -0.367 e. The summed E-state index contributed by atoms with van der Waals surface area (Å²) in [5, 5.41) is 0. The Bertz CT molecular complexity index is 534. The van der Waals surface area contributed by atoms with Gasteiger partial charge in [0.25, 0.3) is 0 Å². The SMILES string of the molecule is CCc1ccc(CN(CCCN)c2ccc(F)cc2)cc1. The van der Waals surface area contributed by atoms with Gasteiger partial charge in [-0.2, -0.15) is 0 Å². The molecule has 0 aliphatic heterocycles. The molecule has 2 rings (SSSR count). The summed E-state index contributed by atoms with van der Waals surface area (Å²) in [6, 6.07) is 15.3. The number of hydrogen-bond acceptors (Lipinski definition) is 2. The maximum absolute atomic E-state index is 13.1. The molecule has 2 aromatic carbocycles. The fourth-order valence-electron chi connectivity index (χ4n) is 2.33. The Hall–Kier alpha value is -1.87. The minimum atomic E-state index is -0.204. The van der Waals surface area contributed by atoms with Gasteiger partial charge in [-0.3, -0.25) is 0 Å². The third kappa shape index (κ3) is 4.57. The number of nitrogens with two attached hydrogens (primary N) is 1. The Morgan fingerprint density at radius 1 is 0.952 bits per heavy atom. The summed E-state index contributed by atoms with van der Waals surface area (Å²) in [4.78, 5) is 2.24. The summed E-state index contributed by atoms with van der Waals surface area (Å²) < 4.78 is 13.1. The number of aryl methyl sites for hydroxylation is 1. The quantitative estimate of drug-likeness (QED) is 0.840. The predicted octanol–water partition coefficient (Wildman–Crippen LogP) is 3.74. The van der Waals surface area contributed by atoms with Crippen molar-refractivity contribution in [1.82, 2.24) is 0 Å². The van der Waals surface area contributed by atoms with Crippen molar-refractivity contribution in [3.63, 3.8) is 0 Å². The molecule has 0 spiro atoms. The van der Waals surface area contributed by atoms with Gasteiger partial charge in [-0.1, -0.05) is 31.2 Å². The smallest absolute Gasteiger partial charge is 0.123 e. The topological polar surface area (TPSA) is 29.3 Å². The van der Waals surface area contributed by atoms with Crippen LogP contribution < -0.4 is 10.6 Å². The van der Waals surface area contributed by atoms with Crippen LogP contribution in [0.3, 0.4) is 0 Å². The lowest BCUT2D eigenvalue weighted by atomic mass is 10.1. The summed E-state index contributed by atoms with van der Waals surface area (Å²) >= 11 is 0. The van der Waals surface area contributed by atoms with Crippen molar-refractivity contribution in [1.29, 1.82) is 0 Å². The Morgan fingerprint density at radius 3 is 2.14 bits per heavy atom. The minimum absolute atomic E-state index is 0.204. The molecule has 0 aliphatic rings. The van der Waals surface area contributed by atoms with Crippen molar-refractivity contribution < 1.29 is 4.39 Å². The maximum Gasteiger partial charge on any atom is 0.123 e. The first-order chi connectivity index (χ1) is 10.2. The molecule has 0 amide bonds. The highest BCUT2D eigenvalue weighted by Crippen LogP contribution is 2.18. The van der Waals surface area contributed by atoms with Gasteiger partial charge in [-0.15, -0.1) is 0 Å². The summed E-state index contributed by atoms with van der Waals surface area (Å²) in [7, 11) is 0. The van der Waals surface area contributed by atoms with E-state index in [4.69, 9.17) is 5.73 Å². The van der Waals surface area contributed by atoms with Gasteiger partial charge in [-0.05, 0) is 54.8 Å². The third-order valence-electron chi connectivity index (χ3n) is 3.63. The molecule has 2 nitrogen and oxygen atoms in total. The molecule has 0 aromatic heterocycles. The van der Waals surface area contributed by atoms with Gasteiger partial charge in [0, 0.05) is 18.8 Å². The fraction of sp³-hybridized carbons (Fsp3) is 0.333. The average Bonchev–Trinajstić information content (AvgIpc) is 2.53. The molecule has 0 radical (unpaired) electrons. The van der Waals surface area contributed by atoms with Crippen LogP contribution in [0.2, 0.25) is 0 Å². The van der Waals surface area contributed by atoms with Crippen LogP contribution in [0.4, 0.5) is 10.1 Å². The first-order valence-electron chi connectivity index (χ1n) is 7.51. The van der Waals surface area contributed by atoms with Crippen molar-refractivity contribution >= 4 is 5.69 Å². The van der Waals surface area contributed by atoms with Crippen LogP contribution in [0.1, 0.15) is 24.5 Å². The van der Waals surface area contributed by atoms with Crippen LogP contribution in [0.15, 0.2) is 48.5 Å². The number of anilines is 1. The van der Waals surface area contributed by atoms with Crippen LogP contribution in [-0.4, -0.2) is 13.1 Å². The maximum atomic E-state index is 13.1. The molecule has 0 bridgehead atoms. The van der Waals surface area contributed by atoms with Gasteiger partial charge < -0.3 is 10.6 Å². The molecule has 2 N–H and O–H groups in total. The van der Waals surface area contributed by atoms with E-state index in [9.17, 15) is 4.39 Å². The van der Waals surface area contributed by atoms with E-state index in [-0.39, 0.29) is 5.82 Å². The van der Waals surface area contributed by atoms with Crippen molar-refractivity contribution in [3.05, 3.63) is 65.5 Å². The van der Waals surface area contributed by atoms with Gasteiger partial charge >= 0.3 is 0 Å². The highest BCUT2D eigenvalue weighted by Gasteiger charge is 2.07. The molecule has 3 heteroatoms. The standard InChI is InChI=1S/C18H23FN2/c1-2-15-4-6-16(7-5-15)14-21(13-3-12-20)18-10-8-17(19)9-11-18/h4-11H,2-3,12-14,20H2,1H3. The van der Waals surface area contributed by atoms with E-state index in [1.54, 1.807) is 0 Å². The first kappa shape index (κ1) is 15.5. The average molecular weight is 286 g/mol. The van der Waals surface area contributed by atoms with E-state index in [0.717, 1.165) is 31.6 Å². The van der Waals surface area contributed by atoms with E-state index in [0.29, 0.717) is 6.54 Å². The van der Waals surface area contributed by atoms with Crippen molar-refractivity contribution in [2.45, 2.75) is 26.3 Å². The molecule has 2 aromatic rings. The van der Waals surface area contributed by atoms with E-state index in [1.807, 2.05) is 12.1 Å². The van der Waals surface area contributed by atoms with E-state index in [2.05, 4.69) is 36.1 Å². The highest BCUT2D eigenvalue weighted by atomic mass is 19.1. The summed E-state index contributed by atoms with van der Waals surface area (Å²) in [5.41, 5.74) is 9.26. The van der Waals surface area contributed by atoms with Crippen molar-refractivity contribution in [3.8, 4) is 0 Å². The molecule has 0 aliphatic carbocycles. The van der Waals surface area contributed by atoms with E-state index in [1.165, 1.54) is 23.3 Å². The molecular formula is C18H23FN2. The second kappa shape index (κ2) is 7.79. The third-order valence-corrected chi connectivity index (χ3v) is 3.63. The van der Waals surface area contributed by atoms with Gasteiger partial charge in [0.1, 0.15) is 5.82 Å². The number of rotatable bonds is 7. The first-order valence-corrected chi connectivity index (χ1v) is 7.51. The molecule has 0 heterocycles.